The van der Waals surface area contributed by atoms with Gasteiger partial charge in [0.05, 0.1) is 29.0 Å². The lowest BCUT2D eigenvalue weighted by molar-refractivity contribution is -0.149. The Balaban J connectivity index is 1.75. The molecule has 2 aromatic rings. The van der Waals surface area contributed by atoms with Gasteiger partial charge in [0.1, 0.15) is 11.6 Å². The first kappa shape index (κ1) is 19.5. The second-order valence-electron chi connectivity index (χ2n) is 6.93. The Hall–Kier alpha value is -2.82. The van der Waals surface area contributed by atoms with Gasteiger partial charge < -0.3 is 9.84 Å². The van der Waals surface area contributed by atoms with Crippen LogP contribution in [0.25, 0.3) is 0 Å². The van der Waals surface area contributed by atoms with Gasteiger partial charge >= 0.3 is 0 Å². The number of rotatable bonds is 4. The lowest BCUT2D eigenvalue weighted by Crippen LogP contribution is -2.48. The van der Waals surface area contributed by atoms with Crippen LogP contribution in [0.5, 0.6) is 5.75 Å². The summed E-state index contributed by atoms with van der Waals surface area (Å²) in [6.45, 7) is 2.42. The Morgan fingerprint density at radius 3 is 2.76 bits per heavy atom. The van der Waals surface area contributed by atoms with Crippen molar-refractivity contribution in [3.8, 4) is 11.8 Å². The molecule has 0 radical (unpaired) electrons. The average molecular weight is 410 g/mol. The molecule has 0 unspecified atom stereocenters. The first-order chi connectivity index (χ1) is 14.0. The van der Waals surface area contributed by atoms with Gasteiger partial charge in [0.2, 0.25) is 5.91 Å². The molecule has 0 bridgehead atoms. The third-order valence-electron chi connectivity index (χ3n) is 5.19. The lowest BCUT2D eigenvalue weighted by Gasteiger charge is -2.38. The molecule has 148 valence electrons. The van der Waals surface area contributed by atoms with Crippen LogP contribution in [0.15, 0.2) is 59.1 Å². The minimum Gasteiger partial charge on any atom is -0.494 e. The first-order valence-electron chi connectivity index (χ1n) is 9.29. The number of allylic oxidation sites excluding steroid dienone is 1. The monoisotopic (exact) mass is 410 g/mol. The minimum atomic E-state index is -1.54. The molecule has 2 aromatic carbocycles. The maximum atomic E-state index is 13.7. The number of hydrogen-bond acceptors (Lipinski definition) is 5. The summed E-state index contributed by atoms with van der Waals surface area (Å²) in [5, 5.41) is 21.7. The van der Waals surface area contributed by atoms with Gasteiger partial charge in [-0.15, -0.1) is 11.8 Å². The van der Waals surface area contributed by atoms with Crippen LogP contribution in [0.2, 0.25) is 0 Å². The van der Waals surface area contributed by atoms with E-state index in [1.807, 2.05) is 6.92 Å². The highest BCUT2D eigenvalue weighted by Crippen LogP contribution is 2.51. The molecule has 0 aliphatic carbocycles. The molecule has 1 fully saturated rings. The summed E-state index contributed by atoms with van der Waals surface area (Å²) in [6, 6.07) is 15.1. The fraction of sp³-hybridized carbons (Fsp3) is 0.273. The van der Waals surface area contributed by atoms with Gasteiger partial charge in [0.15, 0.2) is 5.72 Å². The predicted molar refractivity (Wildman–Crippen MR) is 107 cm³/mol. The van der Waals surface area contributed by atoms with E-state index < -0.39 is 17.5 Å². The van der Waals surface area contributed by atoms with Crippen LogP contribution < -0.4 is 4.74 Å². The van der Waals surface area contributed by atoms with Crippen LogP contribution in [0.1, 0.15) is 30.4 Å². The van der Waals surface area contributed by atoms with Gasteiger partial charge in [-0.2, -0.15) is 5.26 Å². The summed E-state index contributed by atoms with van der Waals surface area (Å²) in [6.07, 6.45) is -0.00422. The molecular formula is C22H19FN2O3S. The molecule has 0 spiro atoms. The molecule has 2 heterocycles. The van der Waals surface area contributed by atoms with E-state index in [9.17, 15) is 19.6 Å². The van der Waals surface area contributed by atoms with Crippen molar-refractivity contribution in [2.24, 2.45) is 0 Å². The van der Waals surface area contributed by atoms with Gasteiger partial charge in [-0.05, 0) is 36.8 Å². The molecule has 4 rings (SSSR count). The molecule has 0 aromatic heterocycles. The van der Waals surface area contributed by atoms with E-state index in [0.29, 0.717) is 34.1 Å². The largest absolute Gasteiger partial charge is 0.494 e. The fourth-order valence-corrected chi connectivity index (χ4v) is 5.19. The molecule has 29 heavy (non-hydrogen) atoms. The summed E-state index contributed by atoms with van der Waals surface area (Å²) >= 11 is 1.27. The number of carbonyl (C=O) groups excluding carboxylic acids is 1. The number of thioether (sulfide) groups is 1. The summed E-state index contributed by atoms with van der Waals surface area (Å²) in [4.78, 5) is 14.4. The number of ether oxygens (including phenoxy) is 1. The normalized spacial score (nSPS) is 23.7. The Bertz CT molecular complexity index is 1030. The summed E-state index contributed by atoms with van der Waals surface area (Å²) in [7, 11) is 0. The third-order valence-corrected chi connectivity index (χ3v) is 6.41. The van der Waals surface area contributed by atoms with Crippen molar-refractivity contribution in [3.05, 3.63) is 76.1 Å². The highest BCUT2D eigenvalue weighted by molar-refractivity contribution is 8.03. The predicted octanol–water partition coefficient (Wildman–Crippen LogP) is 3.87. The van der Waals surface area contributed by atoms with Crippen LogP contribution in [-0.2, 0) is 10.5 Å². The molecule has 5 nitrogen and oxygen atoms in total. The van der Waals surface area contributed by atoms with E-state index in [-0.39, 0.29) is 18.1 Å². The van der Waals surface area contributed by atoms with Gasteiger partial charge in [0.25, 0.3) is 0 Å². The SMILES string of the molecule is CCOc1ccc([C@@]2(O)CSC3=C(C#N)[C@@H](c4cccc(F)c4)CC(=O)N32)cc1. The van der Waals surface area contributed by atoms with Gasteiger partial charge in [0, 0.05) is 17.9 Å². The summed E-state index contributed by atoms with van der Waals surface area (Å²) < 4.78 is 19.1. The topological polar surface area (TPSA) is 73.6 Å². The van der Waals surface area contributed by atoms with Crippen LogP contribution in [-0.4, -0.2) is 28.3 Å². The van der Waals surface area contributed by atoms with Crippen molar-refractivity contribution >= 4 is 17.7 Å². The number of amides is 1. The van der Waals surface area contributed by atoms with Crippen molar-refractivity contribution in [3.63, 3.8) is 0 Å². The lowest BCUT2D eigenvalue weighted by atomic mass is 9.85. The number of nitriles is 1. The zero-order valence-electron chi connectivity index (χ0n) is 15.8. The Morgan fingerprint density at radius 1 is 1.34 bits per heavy atom. The molecule has 2 aliphatic rings. The molecule has 0 saturated carbocycles. The molecule has 1 N–H and O–H groups in total. The second-order valence-corrected chi connectivity index (χ2v) is 7.90. The molecule has 2 aliphatic heterocycles. The van der Waals surface area contributed by atoms with Crippen LogP contribution in [0, 0.1) is 17.1 Å². The van der Waals surface area contributed by atoms with Crippen molar-refractivity contribution in [2.75, 3.05) is 12.4 Å². The number of aliphatic hydroxyl groups is 1. The maximum Gasteiger partial charge on any atom is 0.231 e. The van der Waals surface area contributed by atoms with Gasteiger partial charge in [-0.1, -0.05) is 24.3 Å². The van der Waals surface area contributed by atoms with Crippen molar-refractivity contribution in [2.45, 2.75) is 25.0 Å². The van der Waals surface area contributed by atoms with E-state index in [1.54, 1.807) is 36.4 Å². The Labute approximate surface area is 172 Å². The zero-order valence-corrected chi connectivity index (χ0v) is 16.6. The Kier molecular flexibility index (Phi) is 5.07. The summed E-state index contributed by atoms with van der Waals surface area (Å²) in [5.74, 6) is -0.345. The van der Waals surface area contributed by atoms with Crippen molar-refractivity contribution < 1.29 is 19.0 Å². The summed E-state index contributed by atoms with van der Waals surface area (Å²) in [5.41, 5.74) is -0.0314. The van der Waals surface area contributed by atoms with E-state index in [0.717, 1.165) is 0 Å². The van der Waals surface area contributed by atoms with E-state index >= 15 is 0 Å². The van der Waals surface area contributed by atoms with Crippen LogP contribution in [0.3, 0.4) is 0 Å². The third kappa shape index (κ3) is 3.28. The highest BCUT2D eigenvalue weighted by Gasteiger charge is 2.51. The number of carbonyl (C=O) groups is 1. The van der Waals surface area contributed by atoms with Crippen LogP contribution >= 0.6 is 11.8 Å². The highest BCUT2D eigenvalue weighted by atomic mass is 32.2. The number of nitrogens with zero attached hydrogens (tertiary/aromatic N) is 2. The average Bonchev–Trinajstić information content (AvgIpc) is 3.08. The molecule has 1 amide bonds. The first-order valence-corrected chi connectivity index (χ1v) is 10.3. The Morgan fingerprint density at radius 2 is 2.10 bits per heavy atom. The number of benzene rings is 2. The smallest absolute Gasteiger partial charge is 0.231 e. The number of hydrogen-bond donors (Lipinski definition) is 1. The standard InChI is InChI=1S/C22H19FN2O3S/c1-2-28-17-8-6-15(7-9-17)22(27)13-29-21-19(12-24)18(11-20(26)25(21)22)14-4-3-5-16(23)10-14/h3-10,18,27H,2,11,13H2,1H3/t18-,22+/m1/s1. The van der Waals surface area contributed by atoms with Gasteiger partial charge in [-0.25, -0.2) is 4.39 Å². The molecule has 1 saturated heterocycles. The molecule has 7 heteroatoms. The van der Waals surface area contributed by atoms with Gasteiger partial charge in [-0.3, -0.25) is 9.69 Å². The van der Waals surface area contributed by atoms with Crippen LogP contribution in [0.4, 0.5) is 4.39 Å². The fourth-order valence-electron chi connectivity index (χ4n) is 3.83. The second kappa shape index (κ2) is 7.54. The quantitative estimate of drug-likeness (QED) is 0.828. The molecule has 2 atom stereocenters. The maximum absolute atomic E-state index is 13.7. The van der Waals surface area contributed by atoms with E-state index in [1.165, 1.54) is 28.8 Å². The molecular weight excluding hydrogens is 391 g/mol. The number of fused-ring (bicyclic) bond motifs is 1. The van der Waals surface area contributed by atoms with E-state index in [2.05, 4.69) is 6.07 Å². The number of halogens is 1. The van der Waals surface area contributed by atoms with Crippen molar-refractivity contribution in [1.82, 2.24) is 4.90 Å². The van der Waals surface area contributed by atoms with E-state index in [4.69, 9.17) is 4.74 Å². The van der Waals surface area contributed by atoms with Crippen molar-refractivity contribution in [1.29, 1.82) is 5.26 Å². The minimum absolute atomic E-state index is 0.00422. The zero-order chi connectivity index (χ0) is 20.6.